The Labute approximate surface area is 162 Å². The van der Waals surface area contributed by atoms with Gasteiger partial charge in [0, 0.05) is 30.7 Å². The van der Waals surface area contributed by atoms with E-state index in [1.165, 1.54) is 14.1 Å². The molecule has 0 saturated heterocycles. The number of hydrogen-bond donors (Lipinski definition) is 1. The Morgan fingerprint density at radius 3 is 2.50 bits per heavy atom. The van der Waals surface area contributed by atoms with Gasteiger partial charge in [-0.3, -0.25) is 9.48 Å². The molecular weight excluding hydrogens is 420 g/mol. The molecule has 0 aliphatic heterocycles. The van der Waals surface area contributed by atoms with Crippen molar-refractivity contribution in [3.05, 3.63) is 39.6 Å². The van der Waals surface area contributed by atoms with Gasteiger partial charge >= 0.3 is 0 Å². The molecule has 0 spiro atoms. The molecule has 142 valence electrons. The number of aryl methyl sites for hydroxylation is 3. The third-order valence-corrected chi connectivity index (χ3v) is 7.00. The van der Waals surface area contributed by atoms with Gasteiger partial charge in [0.1, 0.15) is 4.90 Å². The summed E-state index contributed by atoms with van der Waals surface area (Å²) < 4.78 is 28.5. The lowest BCUT2D eigenvalue weighted by Gasteiger charge is -2.12. The first kappa shape index (κ1) is 20.6. The van der Waals surface area contributed by atoms with Crippen molar-refractivity contribution in [2.45, 2.75) is 38.6 Å². The van der Waals surface area contributed by atoms with Gasteiger partial charge < -0.3 is 5.32 Å². The topological polar surface area (TPSA) is 84.3 Å². The maximum Gasteiger partial charge on any atom is 0.246 e. The van der Waals surface area contributed by atoms with Crippen LogP contribution >= 0.6 is 15.9 Å². The lowest BCUT2D eigenvalue weighted by Crippen LogP contribution is -2.23. The highest BCUT2D eigenvalue weighted by molar-refractivity contribution is 9.10. The molecule has 1 aromatic heterocycles. The van der Waals surface area contributed by atoms with E-state index in [0.717, 1.165) is 20.0 Å². The van der Waals surface area contributed by atoms with E-state index in [9.17, 15) is 13.2 Å². The van der Waals surface area contributed by atoms with E-state index in [-0.39, 0.29) is 17.2 Å². The first-order valence-electron chi connectivity index (χ1n) is 8.06. The number of halogens is 1. The summed E-state index contributed by atoms with van der Waals surface area (Å²) in [4.78, 5) is 12.4. The van der Waals surface area contributed by atoms with Crippen LogP contribution < -0.4 is 5.32 Å². The van der Waals surface area contributed by atoms with Crippen molar-refractivity contribution in [1.82, 2.24) is 14.1 Å². The van der Waals surface area contributed by atoms with Crippen LogP contribution in [-0.4, -0.2) is 42.5 Å². The molecule has 0 aliphatic rings. The van der Waals surface area contributed by atoms with Gasteiger partial charge in [-0.2, -0.15) is 5.10 Å². The second-order valence-corrected chi connectivity index (χ2v) is 9.22. The zero-order valence-electron chi connectivity index (χ0n) is 15.5. The molecule has 0 saturated carbocycles. The minimum Gasteiger partial charge on any atom is -0.326 e. The molecule has 0 atom stereocenters. The van der Waals surface area contributed by atoms with E-state index < -0.39 is 10.0 Å². The Morgan fingerprint density at radius 2 is 1.92 bits per heavy atom. The zero-order valence-corrected chi connectivity index (χ0v) is 17.9. The van der Waals surface area contributed by atoms with Crippen LogP contribution in [-0.2, 0) is 21.4 Å². The summed E-state index contributed by atoms with van der Waals surface area (Å²) in [5.74, 6) is -0.156. The largest absolute Gasteiger partial charge is 0.326 e. The fraction of sp³-hybridized carbons (Fsp3) is 0.412. The van der Waals surface area contributed by atoms with Crippen LogP contribution in [0.25, 0.3) is 0 Å². The molecule has 1 aromatic carbocycles. The highest BCUT2D eigenvalue weighted by Gasteiger charge is 2.26. The van der Waals surface area contributed by atoms with Crippen LogP contribution in [0.2, 0.25) is 0 Å². The molecule has 0 aliphatic carbocycles. The average molecular weight is 443 g/mol. The van der Waals surface area contributed by atoms with Crippen LogP contribution in [0.1, 0.15) is 23.4 Å². The molecule has 1 heterocycles. The predicted molar refractivity (Wildman–Crippen MR) is 105 cm³/mol. The molecule has 2 aromatic rings. The first-order chi connectivity index (χ1) is 12.0. The van der Waals surface area contributed by atoms with Gasteiger partial charge in [-0.05, 0) is 44.5 Å². The Morgan fingerprint density at radius 1 is 1.27 bits per heavy atom. The molecule has 0 unspecified atom stereocenters. The van der Waals surface area contributed by atoms with E-state index in [4.69, 9.17) is 0 Å². The van der Waals surface area contributed by atoms with Crippen LogP contribution in [0.3, 0.4) is 0 Å². The maximum absolute atomic E-state index is 12.4. The summed E-state index contributed by atoms with van der Waals surface area (Å²) in [5, 5.41) is 7.13. The Hall–Kier alpha value is -1.71. The molecule has 1 N–H and O–H groups in total. The molecule has 9 heteroatoms. The maximum atomic E-state index is 12.4. The van der Waals surface area contributed by atoms with E-state index in [2.05, 4.69) is 26.3 Å². The zero-order chi connectivity index (χ0) is 19.6. The fourth-order valence-electron chi connectivity index (χ4n) is 2.61. The Balaban J connectivity index is 2.10. The van der Waals surface area contributed by atoms with Gasteiger partial charge in [-0.1, -0.05) is 15.9 Å². The monoisotopic (exact) mass is 442 g/mol. The minimum absolute atomic E-state index is 0.156. The fourth-order valence-corrected chi connectivity index (χ4v) is 4.11. The van der Waals surface area contributed by atoms with Crippen LogP contribution in [0.4, 0.5) is 5.69 Å². The number of nitrogens with zero attached hydrogens (tertiary/aromatic N) is 3. The Kier molecular flexibility index (Phi) is 6.25. The summed E-state index contributed by atoms with van der Waals surface area (Å²) >= 11 is 3.42. The number of rotatable bonds is 6. The van der Waals surface area contributed by atoms with Crippen molar-refractivity contribution in [3.8, 4) is 0 Å². The number of anilines is 1. The van der Waals surface area contributed by atoms with Crippen molar-refractivity contribution >= 4 is 37.5 Å². The van der Waals surface area contributed by atoms with E-state index in [1.54, 1.807) is 18.5 Å². The van der Waals surface area contributed by atoms with E-state index >= 15 is 0 Å². The van der Waals surface area contributed by atoms with Gasteiger partial charge in [0.2, 0.25) is 15.9 Å². The molecule has 2 rings (SSSR count). The average Bonchev–Trinajstić information content (AvgIpc) is 2.83. The van der Waals surface area contributed by atoms with Crippen LogP contribution in [0.5, 0.6) is 0 Å². The van der Waals surface area contributed by atoms with Crippen molar-refractivity contribution in [2.24, 2.45) is 0 Å². The number of benzene rings is 1. The van der Waals surface area contributed by atoms with Crippen molar-refractivity contribution in [2.75, 3.05) is 19.4 Å². The number of amides is 1. The molecule has 0 fully saturated rings. The molecular formula is C17H23BrN4O3S. The van der Waals surface area contributed by atoms with Gasteiger partial charge in [-0.15, -0.1) is 0 Å². The second kappa shape index (κ2) is 7.89. The van der Waals surface area contributed by atoms with Crippen LogP contribution in [0, 0.1) is 20.8 Å². The second-order valence-electron chi connectivity index (χ2n) is 6.27. The third-order valence-electron chi connectivity index (χ3n) is 4.05. The van der Waals surface area contributed by atoms with E-state index in [1.807, 2.05) is 25.1 Å². The smallest absolute Gasteiger partial charge is 0.246 e. The molecule has 7 nitrogen and oxygen atoms in total. The highest BCUT2D eigenvalue weighted by atomic mass is 79.9. The molecule has 0 bridgehead atoms. The minimum atomic E-state index is -3.57. The van der Waals surface area contributed by atoms with Gasteiger partial charge in [0.05, 0.1) is 17.9 Å². The van der Waals surface area contributed by atoms with Crippen LogP contribution in [0.15, 0.2) is 27.6 Å². The Bertz CT molecular complexity index is 936. The van der Waals surface area contributed by atoms with Gasteiger partial charge in [0.15, 0.2) is 0 Å². The van der Waals surface area contributed by atoms with Crippen molar-refractivity contribution in [1.29, 1.82) is 0 Å². The lowest BCUT2D eigenvalue weighted by molar-refractivity contribution is -0.116. The first-order valence-corrected chi connectivity index (χ1v) is 10.3. The number of hydrogen-bond acceptors (Lipinski definition) is 4. The molecule has 1 amide bonds. The quantitative estimate of drug-likeness (QED) is 0.744. The molecule has 26 heavy (non-hydrogen) atoms. The summed E-state index contributed by atoms with van der Waals surface area (Å²) in [6.07, 6.45) is 0.193. The van der Waals surface area contributed by atoms with Crippen molar-refractivity contribution in [3.63, 3.8) is 0 Å². The number of carbonyl (C=O) groups is 1. The summed E-state index contributed by atoms with van der Waals surface area (Å²) in [6.45, 7) is 5.61. The number of nitrogens with one attached hydrogen (secondary N) is 1. The normalized spacial score (nSPS) is 11.8. The number of carbonyl (C=O) groups excluding carboxylic acids is 1. The predicted octanol–water partition coefficient (Wildman–Crippen LogP) is 2.85. The third kappa shape index (κ3) is 4.33. The number of sulfonamides is 1. The van der Waals surface area contributed by atoms with E-state index in [0.29, 0.717) is 17.9 Å². The SMILES string of the molecule is Cc1cc(NC(=O)CCn2nc(C)c(S(=O)(=O)N(C)C)c2C)ccc1Br. The molecule has 0 radical (unpaired) electrons. The van der Waals surface area contributed by atoms with Gasteiger partial charge in [0.25, 0.3) is 0 Å². The summed E-state index contributed by atoms with van der Waals surface area (Å²) in [6, 6.07) is 5.58. The highest BCUT2D eigenvalue weighted by Crippen LogP contribution is 2.23. The standard InChI is InChI=1S/C17H23BrN4O3S/c1-11-10-14(6-7-15(11)18)19-16(23)8-9-22-13(3)17(12(2)20-22)26(24,25)21(4)5/h6-7,10H,8-9H2,1-5H3,(H,19,23). The summed E-state index contributed by atoms with van der Waals surface area (Å²) in [7, 11) is -0.598. The lowest BCUT2D eigenvalue weighted by atomic mass is 10.2. The van der Waals surface area contributed by atoms with Gasteiger partial charge in [-0.25, -0.2) is 12.7 Å². The summed E-state index contributed by atoms with van der Waals surface area (Å²) in [5.41, 5.74) is 2.71. The van der Waals surface area contributed by atoms with Crippen molar-refractivity contribution < 1.29 is 13.2 Å². The number of aromatic nitrogens is 2.